The maximum Gasteiger partial charge on any atom is 0.417 e. The number of rotatable bonds is 2. The second kappa shape index (κ2) is 5.53. The van der Waals surface area contributed by atoms with E-state index in [0.717, 1.165) is 22.9 Å². The van der Waals surface area contributed by atoms with Crippen LogP contribution in [0.5, 0.6) is 0 Å². The van der Waals surface area contributed by atoms with Crippen LogP contribution in [0.1, 0.15) is 5.56 Å². The molecule has 0 radical (unpaired) electrons. The standard InChI is InChI=1S/C14H8BrF3N4/c15-9-3-1-8(2-4-9)12-20-13(22-21-12)10-7-19-6-5-11(10)14(16,17)18/h1-7H,(H,20,21,22). The van der Waals surface area contributed by atoms with Crippen LogP contribution in [0.2, 0.25) is 0 Å². The lowest BCUT2D eigenvalue weighted by atomic mass is 10.1. The van der Waals surface area contributed by atoms with Crippen LogP contribution in [-0.2, 0) is 6.18 Å². The van der Waals surface area contributed by atoms with Gasteiger partial charge in [-0.25, -0.2) is 4.98 Å². The summed E-state index contributed by atoms with van der Waals surface area (Å²) >= 11 is 3.31. The summed E-state index contributed by atoms with van der Waals surface area (Å²) in [6.07, 6.45) is -2.27. The monoisotopic (exact) mass is 368 g/mol. The number of hydrogen-bond acceptors (Lipinski definition) is 3. The normalized spacial score (nSPS) is 11.6. The molecule has 4 nitrogen and oxygen atoms in total. The predicted molar refractivity (Wildman–Crippen MR) is 77.8 cm³/mol. The van der Waals surface area contributed by atoms with Crippen molar-refractivity contribution in [2.24, 2.45) is 0 Å². The quantitative estimate of drug-likeness (QED) is 0.732. The zero-order valence-electron chi connectivity index (χ0n) is 10.9. The zero-order valence-corrected chi connectivity index (χ0v) is 12.5. The van der Waals surface area contributed by atoms with Crippen molar-refractivity contribution in [2.45, 2.75) is 6.18 Å². The molecule has 22 heavy (non-hydrogen) atoms. The summed E-state index contributed by atoms with van der Waals surface area (Å²) in [4.78, 5) is 7.87. The van der Waals surface area contributed by atoms with Gasteiger partial charge in [0.25, 0.3) is 0 Å². The first-order chi connectivity index (χ1) is 10.4. The van der Waals surface area contributed by atoms with Gasteiger partial charge < -0.3 is 0 Å². The Morgan fingerprint density at radius 2 is 1.77 bits per heavy atom. The average molecular weight is 369 g/mol. The number of nitrogens with zero attached hydrogens (tertiary/aromatic N) is 3. The second-order valence-corrected chi connectivity index (χ2v) is 5.35. The molecule has 0 fully saturated rings. The molecule has 0 amide bonds. The second-order valence-electron chi connectivity index (χ2n) is 4.43. The highest BCUT2D eigenvalue weighted by atomic mass is 79.9. The summed E-state index contributed by atoms with van der Waals surface area (Å²) in [6, 6.07) is 8.06. The smallest absolute Gasteiger partial charge is 0.264 e. The van der Waals surface area contributed by atoms with E-state index in [9.17, 15) is 13.2 Å². The third kappa shape index (κ3) is 2.87. The van der Waals surface area contributed by atoms with Crippen molar-refractivity contribution in [3.8, 4) is 22.8 Å². The fraction of sp³-hybridized carbons (Fsp3) is 0.0714. The molecule has 112 valence electrons. The Hall–Kier alpha value is -2.22. The van der Waals surface area contributed by atoms with Gasteiger partial charge in [-0.15, -0.1) is 0 Å². The minimum absolute atomic E-state index is 0.0262. The minimum atomic E-state index is -4.48. The Morgan fingerprint density at radius 1 is 1.05 bits per heavy atom. The number of aromatic nitrogens is 4. The Morgan fingerprint density at radius 3 is 2.45 bits per heavy atom. The molecule has 1 aromatic carbocycles. The molecule has 0 aliphatic heterocycles. The lowest BCUT2D eigenvalue weighted by Gasteiger charge is -2.09. The van der Waals surface area contributed by atoms with Crippen molar-refractivity contribution in [1.82, 2.24) is 20.2 Å². The molecule has 2 heterocycles. The third-order valence-electron chi connectivity index (χ3n) is 2.97. The minimum Gasteiger partial charge on any atom is -0.264 e. The fourth-order valence-corrected chi connectivity index (χ4v) is 2.20. The lowest BCUT2D eigenvalue weighted by molar-refractivity contribution is -0.137. The number of pyridine rings is 1. The summed E-state index contributed by atoms with van der Waals surface area (Å²) in [5, 5.41) is 6.50. The van der Waals surface area contributed by atoms with E-state index in [4.69, 9.17) is 0 Å². The van der Waals surface area contributed by atoms with Gasteiger partial charge in [0.2, 0.25) is 0 Å². The molecule has 0 spiro atoms. The van der Waals surface area contributed by atoms with E-state index >= 15 is 0 Å². The highest BCUT2D eigenvalue weighted by Gasteiger charge is 2.34. The Labute approximate surface area is 131 Å². The molecule has 0 aliphatic rings. The van der Waals surface area contributed by atoms with E-state index in [1.54, 1.807) is 24.3 Å². The average Bonchev–Trinajstić information content (AvgIpc) is 2.97. The van der Waals surface area contributed by atoms with Crippen LogP contribution >= 0.6 is 15.9 Å². The van der Waals surface area contributed by atoms with E-state index in [1.165, 1.54) is 0 Å². The Kier molecular flexibility index (Phi) is 3.69. The van der Waals surface area contributed by atoms with Gasteiger partial charge in [-0.1, -0.05) is 28.1 Å². The van der Waals surface area contributed by atoms with Crippen LogP contribution in [0.25, 0.3) is 22.8 Å². The number of nitrogens with one attached hydrogen (secondary N) is 1. The summed E-state index contributed by atoms with van der Waals surface area (Å²) in [5.74, 6) is 0.345. The maximum absolute atomic E-state index is 13.0. The van der Waals surface area contributed by atoms with Crippen LogP contribution in [0, 0.1) is 0 Å². The van der Waals surface area contributed by atoms with Crippen LogP contribution < -0.4 is 0 Å². The summed E-state index contributed by atoms with van der Waals surface area (Å²) in [6.45, 7) is 0. The molecule has 0 saturated heterocycles. The van der Waals surface area contributed by atoms with Gasteiger partial charge in [0.15, 0.2) is 11.6 Å². The highest BCUT2D eigenvalue weighted by Crippen LogP contribution is 2.35. The van der Waals surface area contributed by atoms with E-state index in [1.807, 2.05) is 0 Å². The molecule has 3 rings (SSSR count). The van der Waals surface area contributed by atoms with Crippen LogP contribution in [0.3, 0.4) is 0 Å². The third-order valence-corrected chi connectivity index (χ3v) is 3.50. The Bertz CT molecular complexity index is 796. The molecule has 0 unspecified atom stereocenters. The molecule has 0 saturated carbocycles. The molecule has 0 atom stereocenters. The van der Waals surface area contributed by atoms with Crippen LogP contribution in [0.4, 0.5) is 13.2 Å². The topological polar surface area (TPSA) is 54.5 Å². The van der Waals surface area contributed by atoms with E-state index in [2.05, 4.69) is 36.1 Å². The van der Waals surface area contributed by atoms with Gasteiger partial charge in [0.1, 0.15) is 0 Å². The van der Waals surface area contributed by atoms with Crippen molar-refractivity contribution >= 4 is 15.9 Å². The van der Waals surface area contributed by atoms with Gasteiger partial charge in [-0.05, 0) is 18.2 Å². The molecule has 2 aromatic heterocycles. The van der Waals surface area contributed by atoms with Crippen molar-refractivity contribution in [1.29, 1.82) is 0 Å². The van der Waals surface area contributed by atoms with Crippen LogP contribution in [0.15, 0.2) is 47.2 Å². The number of aromatic amines is 1. The summed E-state index contributed by atoms with van der Waals surface area (Å²) < 4.78 is 39.9. The first kappa shape index (κ1) is 14.7. The van der Waals surface area contributed by atoms with Gasteiger partial charge in [-0.2, -0.15) is 18.3 Å². The number of H-pyrrole nitrogens is 1. The summed E-state index contributed by atoms with van der Waals surface area (Å²) in [7, 11) is 0. The number of benzene rings is 1. The van der Waals surface area contributed by atoms with Gasteiger partial charge >= 0.3 is 6.18 Å². The predicted octanol–water partition coefficient (Wildman–Crippen LogP) is 4.32. The molecule has 0 bridgehead atoms. The van der Waals surface area contributed by atoms with E-state index < -0.39 is 11.7 Å². The Balaban J connectivity index is 2.03. The molecule has 0 aliphatic carbocycles. The van der Waals surface area contributed by atoms with Crippen molar-refractivity contribution in [2.75, 3.05) is 0 Å². The van der Waals surface area contributed by atoms with Crippen molar-refractivity contribution < 1.29 is 13.2 Å². The largest absolute Gasteiger partial charge is 0.417 e. The number of alkyl halides is 3. The maximum atomic E-state index is 13.0. The van der Waals surface area contributed by atoms with Crippen molar-refractivity contribution in [3.05, 3.63) is 52.8 Å². The summed E-state index contributed by atoms with van der Waals surface area (Å²) in [5.41, 5.74) is -0.241. The first-order valence-electron chi connectivity index (χ1n) is 6.15. The van der Waals surface area contributed by atoms with Crippen molar-refractivity contribution in [3.63, 3.8) is 0 Å². The highest BCUT2D eigenvalue weighted by molar-refractivity contribution is 9.10. The van der Waals surface area contributed by atoms with Gasteiger partial charge in [0.05, 0.1) is 5.56 Å². The molecular weight excluding hydrogens is 361 g/mol. The fourth-order valence-electron chi connectivity index (χ4n) is 1.94. The molecule has 8 heteroatoms. The molecular formula is C14H8BrF3N4. The number of hydrogen-bond donors (Lipinski definition) is 1. The first-order valence-corrected chi connectivity index (χ1v) is 6.94. The van der Waals surface area contributed by atoms with E-state index in [0.29, 0.717) is 11.4 Å². The zero-order chi connectivity index (χ0) is 15.7. The van der Waals surface area contributed by atoms with E-state index in [-0.39, 0.29) is 11.4 Å². The van der Waals surface area contributed by atoms with Gasteiger partial charge in [-0.3, -0.25) is 10.1 Å². The molecule has 1 N–H and O–H groups in total. The van der Waals surface area contributed by atoms with Gasteiger partial charge in [0, 0.05) is 28.0 Å². The molecule has 3 aromatic rings. The number of halogens is 4. The van der Waals surface area contributed by atoms with Crippen LogP contribution in [-0.4, -0.2) is 20.2 Å². The lowest BCUT2D eigenvalue weighted by Crippen LogP contribution is -2.07. The SMILES string of the molecule is FC(F)(F)c1ccncc1-c1nc(-c2ccc(Br)cc2)n[nH]1.